The summed E-state index contributed by atoms with van der Waals surface area (Å²) < 4.78 is 0. The third-order valence-corrected chi connectivity index (χ3v) is 5.12. The molecule has 3 nitrogen and oxygen atoms in total. The van der Waals surface area contributed by atoms with Crippen molar-refractivity contribution in [2.75, 3.05) is 26.2 Å². The molecule has 3 rings (SSSR count). The SMILES string of the molecule is CCC1CNC(C)CN1C1CCN2CCCC12. The van der Waals surface area contributed by atoms with Crippen molar-refractivity contribution < 1.29 is 0 Å². The van der Waals surface area contributed by atoms with Gasteiger partial charge in [0.05, 0.1) is 0 Å². The van der Waals surface area contributed by atoms with Crippen LogP contribution in [0.2, 0.25) is 0 Å². The van der Waals surface area contributed by atoms with Crippen molar-refractivity contribution in [2.24, 2.45) is 0 Å². The summed E-state index contributed by atoms with van der Waals surface area (Å²) in [6.07, 6.45) is 5.58. The number of fused-ring (bicyclic) bond motifs is 1. The molecule has 4 atom stereocenters. The van der Waals surface area contributed by atoms with E-state index in [1.807, 2.05) is 0 Å². The van der Waals surface area contributed by atoms with Crippen LogP contribution in [-0.4, -0.2) is 60.1 Å². The lowest BCUT2D eigenvalue weighted by molar-refractivity contribution is 0.0675. The Balaban J connectivity index is 1.72. The van der Waals surface area contributed by atoms with E-state index >= 15 is 0 Å². The monoisotopic (exact) mass is 237 g/mol. The fourth-order valence-corrected chi connectivity index (χ4v) is 4.21. The topological polar surface area (TPSA) is 18.5 Å². The second-order valence-electron chi connectivity index (χ2n) is 6.17. The van der Waals surface area contributed by atoms with Crippen molar-refractivity contribution in [1.82, 2.24) is 15.1 Å². The zero-order valence-electron chi connectivity index (χ0n) is 11.4. The average molecular weight is 237 g/mol. The molecule has 0 amide bonds. The summed E-state index contributed by atoms with van der Waals surface area (Å²) in [6.45, 7) is 9.84. The Hall–Kier alpha value is -0.120. The van der Waals surface area contributed by atoms with Crippen LogP contribution in [0.15, 0.2) is 0 Å². The van der Waals surface area contributed by atoms with E-state index in [0.29, 0.717) is 6.04 Å². The highest BCUT2D eigenvalue weighted by Gasteiger charge is 2.42. The minimum absolute atomic E-state index is 0.674. The summed E-state index contributed by atoms with van der Waals surface area (Å²) in [5.41, 5.74) is 0. The second-order valence-corrected chi connectivity index (χ2v) is 6.17. The minimum atomic E-state index is 0.674. The maximum atomic E-state index is 3.64. The predicted molar refractivity (Wildman–Crippen MR) is 71.2 cm³/mol. The molecule has 0 aromatic rings. The van der Waals surface area contributed by atoms with Gasteiger partial charge in [0.15, 0.2) is 0 Å². The van der Waals surface area contributed by atoms with Crippen molar-refractivity contribution in [2.45, 2.75) is 63.7 Å². The average Bonchev–Trinajstić information content (AvgIpc) is 2.90. The Bertz CT molecular complexity index is 268. The van der Waals surface area contributed by atoms with E-state index in [0.717, 1.165) is 18.1 Å². The molecule has 0 radical (unpaired) electrons. The minimum Gasteiger partial charge on any atom is -0.311 e. The summed E-state index contributed by atoms with van der Waals surface area (Å²) in [4.78, 5) is 5.58. The lowest BCUT2D eigenvalue weighted by Crippen LogP contribution is -2.60. The van der Waals surface area contributed by atoms with E-state index in [9.17, 15) is 0 Å². The molecule has 3 heteroatoms. The lowest BCUT2D eigenvalue weighted by Gasteiger charge is -2.44. The Morgan fingerprint density at radius 2 is 2.06 bits per heavy atom. The molecule has 17 heavy (non-hydrogen) atoms. The molecule has 0 aromatic carbocycles. The number of hydrogen-bond acceptors (Lipinski definition) is 3. The molecule has 3 aliphatic rings. The molecular formula is C14H27N3. The zero-order valence-corrected chi connectivity index (χ0v) is 11.4. The third-order valence-electron chi connectivity index (χ3n) is 5.12. The molecule has 3 heterocycles. The largest absolute Gasteiger partial charge is 0.311 e. The van der Waals surface area contributed by atoms with Gasteiger partial charge in [-0.15, -0.1) is 0 Å². The van der Waals surface area contributed by atoms with E-state index < -0.39 is 0 Å². The first-order chi connectivity index (χ1) is 8.29. The van der Waals surface area contributed by atoms with Gasteiger partial charge >= 0.3 is 0 Å². The second kappa shape index (κ2) is 4.87. The first-order valence-electron chi connectivity index (χ1n) is 7.52. The van der Waals surface area contributed by atoms with Crippen LogP contribution in [0.25, 0.3) is 0 Å². The normalized spacial score (nSPS) is 44.1. The van der Waals surface area contributed by atoms with Crippen LogP contribution in [0.3, 0.4) is 0 Å². The van der Waals surface area contributed by atoms with Gasteiger partial charge < -0.3 is 5.32 Å². The summed E-state index contributed by atoms with van der Waals surface area (Å²) in [5.74, 6) is 0. The molecule has 0 spiro atoms. The van der Waals surface area contributed by atoms with E-state index in [2.05, 4.69) is 29.0 Å². The van der Waals surface area contributed by atoms with Gasteiger partial charge in [0.25, 0.3) is 0 Å². The van der Waals surface area contributed by atoms with Crippen LogP contribution in [0.5, 0.6) is 0 Å². The molecule has 4 unspecified atom stereocenters. The van der Waals surface area contributed by atoms with Gasteiger partial charge in [-0.2, -0.15) is 0 Å². The van der Waals surface area contributed by atoms with Crippen LogP contribution in [0.4, 0.5) is 0 Å². The number of nitrogens with zero attached hydrogens (tertiary/aromatic N) is 2. The molecule has 98 valence electrons. The Labute approximate surface area is 106 Å². The highest BCUT2D eigenvalue weighted by molar-refractivity contribution is 5.00. The van der Waals surface area contributed by atoms with Gasteiger partial charge in [0, 0.05) is 43.8 Å². The molecule has 0 bridgehead atoms. The van der Waals surface area contributed by atoms with Gasteiger partial charge in [0.1, 0.15) is 0 Å². The zero-order chi connectivity index (χ0) is 11.8. The highest BCUT2D eigenvalue weighted by atomic mass is 15.3. The third kappa shape index (κ3) is 2.13. The van der Waals surface area contributed by atoms with E-state index in [4.69, 9.17) is 0 Å². The fourth-order valence-electron chi connectivity index (χ4n) is 4.21. The first-order valence-corrected chi connectivity index (χ1v) is 7.52. The lowest BCUT2D eigenvalue weighted by atomic mass is 9.98. The summed E-state index contributed by atoms with van der Waals surface area (Å²) in [6, 6.07) is 3.19. The maximum Gasteiger partial charge on any atom is 0.0267 e. The first kappa shape index (κ1) is 11.9. The summed E-state index contributed by atoms with van der Waals surface area (Å²) in [5, 5.41) is 3.64. The van der Waals surface area contributed by atoms with E-state index in [1.54, 1.807) is 0 Å². The predicted octanol–water partition coefficient (Wildman–Crippen LogP) is 1.30. The molecule has 0 saturated carbocycles. The van der Waals surface area contributed by atoms with Crippen molar-refractivity contribution in [3.05, 3.63) is 0 Å². The fraction of sp³-hybridized carbons (Fsp3) is 1.00. The van der Waals surface area contributed by atoms with Crippen LogP contribution < -0.4 is 5.32 Å². The van der Waals surface area contributed by atoms with Gasteiger partial charge in [-0.3, -0.25) is 9.80 Å². The number of rotatable bonds is 2. The number of hydrogen-bond donors (Lipinski definition) is 1. The van der Waals surface area contributed by atoms with Crippen LogP contribution >= 0.6 is 0 Å². The Morgan fingerprint density at radius 1 is 1.18 bits per heavy atom. The van der Waals surface area contributed by atoms with E-state index in [1.165, 1.54) is 51.9 Å². The summed E-state index contributed by atoms with van der Waals surface area (Å²) >= 11 is 0. The smallest absolute Gasteiger partial charge is 0.0267 e. The van der Waals surface area contributed by atoms with Gasteiger partial charge in [-0.1, -0.05) is 6.92 Å². The molecular weight excluding hydrogens is 210 g/mol. The number of nitrogens with one attached hydrogen (secondary N) is 1. The van der Waals surface area contributed by atoms with Crippen LogP contribution in [0.1, 0.15) is 39.5 Å². The molecule has 3 fully saturated rings. The standard InChI is InChI=1S/C14H27N3/c1-3-12-9-15-11(2)10-17(12)14-6-8-16-7-4-5-13(14)16/h11-15H,3-10H2,1-2H3. The summed E-state index contributed by atoms with van der Waals surface area (Å²) in [7, 11) is 0. The van der Waals surface area contributed by atoms with Crippen molar-refractivity contribution >= 4 is 0 Å². The van der Waals surface area contributed by atoms with Gasteiger partial charge in [-0.05, 0) is 39.2 Å². The molecule has 1 N–H and O–H groups in total. The quantitative estimate of drug-likeness (QED) is 0.781. The van der Waals surface area contributed by atoms with E-state index in [-0.39, 0.29) is 0 Å². The highest BCUT2D eigenvalue weighted by Crippen LogP contribution is 2.33. The molecule has 3 saturated heterocycles. The van der Waals surface area contributed by atoms with Gasteiger partial charge in [0.2, 0.25) is 0 Å². The molecule has 3 aliphatic heterocycles. The van der Waals surface area contributed by atoms with Gasteiger partial charge in [-0.25, -0.2) is 0 Å². The van der Waals surface area contributed by atoms with Crippen LogP contribution in [-0.2, 0) is 0 Å². The number of piperazine rings is 1. The maximum absolute atomic E-state index is 3.64. The molecule has 0 aromatic heterocycles. The molecule has 0 aliphatic carbocycles. The van der Waals surface area contributed by atoms with Crippen molar-refractivity contribution in [1.29, 1.82) is 0 Å². The van der Waals surface area contributed by atoms with Crippen molar-refractivity contribution in [3.8, 4) is 0 Å². The Morgan fingerprint density at radius 3 is 2.88 bits per heavy atom. The Kier molecular flexibility index (Phi) is 3.42. The van der Waals surface area contributed by atoms with Crippen LogP contribution in [0, 0.1) is 0 Å². The van der Waals surface area contributed by atoms with Crippen molar-refractivity contribution in [3.63, 3.8) is 0 Å².